The molecule has 0 spiro atoms. The second kappa shape index (κ2) is 5.24. The van der Waals surface area contributed by atoms with Crippen molar-refractivity contribution in [3.63, 3.8) is 0 Å². The summed E-state index contributed by atoms with van der Waals surface area (Å²) in [6.07, 6.45) is 1.06. The maximum Gasteiger partial charge on any atom is 0.346 e. The highest BCUT2D eigenvalue weighted by Crippen LogP contribution is 2.20. The summed E-state index contributed by atoms with van der Waals surface area (Å²) in [6, 6.07) is 16.0. The molecule has 96 valence electrons. The quantitative estimate of drug-likeness (QED) is 0.678. The van der Waals surface area contributed by atoms with Crippen molar-refractivity contribution in [2.75, 3.05) is 0 Å². The first-order valence-corrected chi connectivity index (χ1v) is 6.29. The van der Waals surface area contributed by atoms with Crippen molar-refractivity contribution in [1.29, 1.82) is 0 Å². The molecule has 0 radical (unpaired) electrons. The number of fused-ring (bicyclic) bond motifs is 2. The Kier molecular flexibility index (Phi) is 3.29. The Labute approximate surface area is 111 Å². The summed E-state index contributed by atoms with van der Waals surface area (Å²) < 4.78 is 0. The zero-order chi connectivity index (χ0) is 13.1. The van der Waals surface area contributed by atoms with Crippen LogP contribution in [0.1, 0.15) is 22.3 Å². The van der Waals surface area contributed by atoms with Crippen LogP contribution in [0.2, 0.25) is 0 Å². The van der Waals surface area contributed by atoms with Crippen molar-refractivity contribution in [2.24, 2.45) is 0 Å². The Hall–Kier alpha value is -2.13. The molecule has 0 bridgehead atoms. The van der Waals surface area contributed by atoms with Gasteiger partial charge < -0.3 is 0 Å². The van der Waals surface area contributed by atoms with E-state index in [1.54, 1.807) is 0 Å². The van der Waals surface area contributed by atoms with Crippen molar-refractivity contribution in [2.45, 2.75) is 19.4 Å². The summed E-state index contributed by atoms with van der Waals surface area (Å²) in [5, 5.41) is 0. The predicted molar refractivity (Wildman–Crippen MR) is 70.3 cm³/mol. The van der Waals surface area contributed by atoms with Crippen molar-refractivity contribution >= 4 is 5.97 Å². The molecule has 3 heteroatoms. The highest BCUT2D eigenvalue weighted by atomic mass is 17.2. The molecule has 3 nitrogen and oxygen atoms in total. The zero-order valence-electron chi connectivity index (χ0n) is 10.5. The van der Waals surface area contributed by atoms with Gasteiger partial charge in [-0.15, -0.1) is 0 Å². The minimum absolute atomic E-state index is 0.248. The minimum Gasteiger partial charge on any atom is -0.298 e. The van der Waals surface area contributed by atoms with Crippen LogP contribution in [0.4, 0.5) is 0 Å². The number of hydrogen-bond donors (Lipinski definition) is 0. The van der Waals surface area contributed by atoms with Crippen molar-refractivity contribution in [1.82, 2.24) is 0 Å². The van der Waals surface area contributed by atoms with Gasteiger partial charge >= 0.3 is 5.97 Å². The van der Waals surface area contributed by atoms with Gasteiger partial charge in [-0.2, -0.15) is 4.89 Å². The Morgan fingerprint density at radius 2 is 1.26 bits per heavy atom. The van der Waals surface area contributed by atoms with Gasteiger partial charge in [-0.25, -0.2) is 4.79 Å². The lowest BCUT2D eigenvalue weighted by molar-refractivity contribution is -0.279. The molecule has 0 saturated carbocycles. The number of carbonyl (C=O) groups excluding carboxylic acids is 1. The standard InChI is InChI=1S/C16H14O3/c17-16-10-14-7-2-1-5-12(14)9-13-6-3-4-8-15(13)11-18-19-16/h1-8H,9-11H2. The third-order valence-corrected chi connectivity index (χ3v) is 3.32. The van der Waals surface area contributed by atoms with E-state index in [1.807, 2.05) is 36.4 Å². The summed E-state index contributed by atoms with van der Waals surface area (Å²) in [4.78, 5) is 21.4. The molecule has 0 saturated heterocycles. The molecule has 2 aromatic carbocycles. The molecular formula is C16H14O3. The summed E-state index contributed by atoms with van der Waals surface area (Å²) in [6.45, 7) is 0.296. The van der Waals surface area contributed by atoms with Gasteiger partial charge in [-0.05, 0) is 28.7 Å². The first-order chi connectivity index (χ1) is 9.33. The smallest absolute Gasteiger partial charge is 0.298 e. The molecule has 0 aromatic heterocycles. The largest absolute Gasteiger partial charge is 0.346 e. The first-order valence-electron chi connectivity index (χ1n) is 6.29. The monoisotopic (exact) mass is 254 g/mol. The zero-order valence-corrected chi connectivity index (χ0v) is 10.5. The predicted octanol–water partition coefficient (Wildman–Crippen LogP) is 2.81. The van der Waals surface area contributed by atoms with E-state index in [4.69, 9.17) is 9.78 Å². The van der Waals surface area contributed by atoms with Crippen molar-refractivity contribution < 1.29 is 14.6 Å². The molecule has 0 unspecified atom stereocenters. The third-order valence-electron chi connectivity index (χ3n) is 3.32. The normalized spacial score (nSPS) is 15.1. The summed E-state index contributed by atoms with van der Waals surface area (Å²) in [7, 11) is 0. The molecule has 0 amide bonds. The van der Waals surface area contributed by atoms with E-state index in [1.165, 1.54) is 5.56 Å². The Morgan fingerprint density at radius 1 is 0.737 bits per heavy atom. The molecule has 3 rings (SSSR count). The topological polar surface area (TPSA) is 35.5 Å². The molecule has 0 atom stereocenters. The van der Waals surface area contributed by atoms with Crippen LogP contribution in [0.25, 0.3) is 0 Å². The van der Waals surface area contributed by atoms with Gasteiger partial charge in [0.15, 0.2) is 0 Å². The van der Waals surface area contributed by atoms with Gasteiger partial charge in [-0.1, -0.05) is 48.5 Å². The van der Waals surface area contributed by atoms with Crippen molar-refractivity contribution in [3.8, 4) is 0 Å². The lowest BCUT2D eigenvalue weighted by Crippen LogP contribution is -2.13. The van der Waals surface area contributed by atoms with Gasteiger partial charge in [0.1, 0.15) is 6.61 Å². The molecule has 1 aliphatic rings. The molecule has 19 heavy (non-hydrogen) atoms. The summed E-state index contributed by atoms with van der Waals surface area (Å²) in [5.74, 6) is -0.355. The van der Waals surface area contributed by atoms with Crippen LogP contribution in [0.5, 0.6) is 0 Å². The molecular weight excluding hydrogens is 240 g/mol. The Morgan fingerprint density at radius 3 is 1.95 bits per heavy atom. The fraction of sp³-hybridized carbons (Fsp3) is 0.188. The van der Waals surface area contributed by atoms with E-state index in [0.29, 0.717) is 6.61 Å². The number of hydrogen-bond acceptors (Lipinski definition) is 3. The Balaban J connectivity index is 2.04. The SMILES string of the molecule is O=C1Cc2ccccc2Cc2ccccc2COO1. The van der Waals surface area contributed by atoms with E-state index in [-0.39, 0.29) is 12.4 Å². The van der Waals surface area contributed by atoms with E-state index >= 15 is 0 Å². The van der Waals surface area contributed by atoms with E-state index in [2.05, 4.69) is 12.1 Å². The lowest BCUT2D eigenvalue weighted by atomic mass is 9.95. The number of carbonyl (C=O) groups is 1. The molecule has 0 fully saturated rings. The van der Waals surface area contributed by atoms with Crippen LogP contribution in [0.15, 0.2) is 48.5 Å². The lowest BCUT2D eigenvalue weighted by Gasteiger charge is -2.14. The van der Waals surface area contributed by atoms with Gasteiger partial charge in [0.05, 0.1) is 6.42 Å². The third kappa shape index (κ3) is 2.66. The molecule has 2 aromatic rings. The number of rotatable bonds is 0. The van der Waals surface area contributed by atoms with Crippen LogP contribution in [0.3, 0.4) is 0 Å². The Bertz CT molecular complexity index is 604. The molecule has 1 heterocycles. The van der Waals surface area contributed by atoms with Crippen molar-refractivity contribution in [3.05, 3.63) is 70.8 Å². The molecule has 0 N–H and O–H groups in total. The highest BCUT2D eigenvalue weighted by molar-refractivity contribution is 5.72. The second-order valence-electron chi connectivity index (χ2n) is 4.61. The maximum absolute atomic E-state index is 11.6. The number of benzene rings is 2. The average Bonchev–Trinajstić information content (AvgIpc) is 2.43. The van der Waals surface area contributed by atoms with Gasteiger partial charge in [0, 0.05) is 0 Å². The van der Waals surface area contributed by atoms with Crippen LogP contribution < -0.4 is 0 Å². The molecule has 1 aliphatic heterocycles. The van der Waals surface area contributed by atoms with Crippen LogP contribution in [-0.4, -0.2) is 5.97 Å². The van der Waals surface area contributed by atoms with E-state index < -0.39 is 0 Å². The van der Waals surface area contributed by atoms with Crippen LogP contribution in [-0.2, 0) is 34.0 Å². The van der Waals surface area contributed by atoms with Gasteiger partial charge in [0.25, 0.3) is 0 Å². The van der Waals surface area contributed by atoms with E-state index in [9.17, 15) is 4.79 Å². The highest BCUT2D eigenvalue weighted by Gasteiger charge is 2.14. The fourth-order valence-corrected chi connectivity index (χ4v) is 2.32. The second-order valence-corrected chi connectivity index (χ2v) is 4.61. The molecule has 0 aliphatic carbocycles. The van der Waals surface area contributed by atoms with Gasteiger partial charge in [0.2, 0.25) is 0 Å². The fourth-order valence-electron chi connectivity index (χ4n) is 2.32. The van der Waals surface area contributed by atoms with Gasteiger partial charge in [-0.3, -0.25) is 4.89 Å². The van der Waals surface area contributed by atoms with E-state index in [0.717, 1.165) is 23.1 Å². The summed E-state index contributed by atoms with van der Waals surface area (Å²) in [5.41, 5.74) is 4.40. The first kappa shape index (κ1) is 11.9. The average molecular weight is 254 g/mol. The minimum atomic E-state index is -0.355. The van der Waals surface area contributed by atoms with Crippen LogP contribution in [0, 0.1) is 0 Å². The van der Waals surface area contributed by atoms with Crippen LogP contribution >= 0.6 is 0 Å². The summed E-state index contributed by atoms with van der Waals surface area (Å²) >= 11 is 0. The maximum atomic E-state index is 11.6.